The fourth-order valence-corrected chi connectivity index (χ4v) is 5.23. The van der Waals surface area contributed by atoms with Gasteiger partial charge in [-0.15, -0.1) is 0 Å². The summed E-state index contributed by atoms with van der Waals surface area (Å²) in [6, 6.07) is 11.0. The van der Waals surface area contributed by atoms with Gasteiger partial charge < -0.3 is 15.0 Å². The number of nitrogens with one attached hydrogen (secondary N) is 1. The molecule has 0 aromatic heterocycles. The van der Waals surface area contributed by atoms with Crippen molar-refractivity contribution in [2.24, 2.45) is 0 Å². The summed E-state index contributed by atoms with van der Waals surface area (Å²) < 4.78 is 31.4. The highest BCUT2D eigenvalue weighted by molar-refractivity contribution is 7.92. The molecule has 0 saturated heterocycles. The summed E-state index contributed by atoms with van der Waals surface area (Å²) in [6.45, 7) is 6.00. The molecule has 11 heteroatoms. The zero-order chi connectivity index (χ0) is 28.5. The van der Waals surface area contributed by atoms with E-state index in [0.717, 1.165) is 18.2 Å². The third-order valence-electron chi connectivity index (χ3n) is 6.24. The van der Waals surface area contributed by atoms with Crippen LogP contribution in [0.2, 0.25) is 10.0 Å². The second kappa shape index (κ2) is 14.6. The second-order valence-corrected chi connectivity index (χ2v) is 11.9. The number of anilines is 1. The number of carbonyl (C=O) groups is 2. The molecule has 0 aliphatic carbocycles. The van der Waals surface area contributed by atoms with E-state index in [1.165, 1.54) is 16.3 Å². The van der Waals surface area contributed by atoms with Crippen molar-refractivity contribution in [3.8, 4) is 5.75 Å². The molecule has 2 rings (SSSR count). The van der Waals surface area contributed by atoms with Crippen LogP contribution in [0, 0.1) is 0 Å². The molecule has 2 amide bonds. The van der Waals surface area contributed by atoms with Gasteiger partial charge in [0.15, 0.2) is 0 Å². The van der Waals surface area contributed by atoms with Gasteiger partial charge in [0.05, 0.1) is 29.1 Å². The van der Waals surface area contributed by atoms with Crippen molar-refractivity contribution >= 4 is 50.7 Å². The van der Waals surface area contributed by atoms with Crippen LogP contribution >= 0.6 is 23.2 Å². The molecule has 0 aliphatic rings. The van der Waals surface area contributed by atoms with Crippen molar-refractivity contribution in [1.29, 1.82) is 0 Å². The molecule has 2 aromatic carbocycles. The largest absolute Gasteiger partial charge is 0.497 e. The van der Waals surface area contributed by atoms with Crippen molar-refractivity contribution in [3.05, 3.63) is 58.1 Å². The van der Waals surface area contributed by atoms with E-state index in [-0.39, 0.29) is 43.8 Å². The molecule has 2 atom stereocenters. The average Bonchev–Trinajstić information content (AvgIpc) is 2.87. The van der Waals surface area contributed by atoms with Gasteiger partial charge >= 0.3 is 0 Å². The monoisotopic (exact) mass is 585 g/mol. The molecule has 1 N–H and O–H groups in total. The summed E-state index contributed by atoms with van der Waals surface area (Å²) in [5.41, 5.74) is 1.21. The topological polar surface area (TPSA) is 96.0 Å². The quantitative estimate of drug-likeness (QED) is 0.326. The first-order valence-electron chi connectivity index (χ1n) is 12.6. The van der Waals surface area contributed by atoms with E-state index in [0.29, 0.717) is 27.9 Å². The number of carbonyl (C=O) groups excluding carboxylic acids is 2. The Morgan fingerprint density at radius 3 is 2.21 bits per heavy atom. The first-order chi connectivity index (χ1) is 17.9. The van der Waals surface area contributed by atoms with E-state index in [1.807, 2.05) is 20.8 Å². The molecule has 0 fully saturated rings. The molecule has 2 aromatic rings. The van der Waals surface area contributed by atoms with E-state index in [9.17, 15) is 18.0 Å². The lowest BCUT2D eigenvalue weighted by Crippen LogP contribution is -2.50. The summed E-state index contributed by atoms with van der Waals surface area (Å²) in [7, 11) is -2.05. The average molecular weight is 587 g/mol. The molecule has 0 heterocycles. The lowest BCUT2D eigenvalue weighted by molar-refractivity contribution is -0.141. The highest BCUT2D eigenvalue weighted by Gasteiger charge is 2.29. The van der Waals surface area contributed by atoms with Gasteiger partial charge in [0.25, 0.3) is 0 Å². The summed E-state index contributed by atoms with van der Waals surface area (Å²) in [5.74, 6) is 0.119. The van der Waals surface area contributed by atoms with Gasteiger partial charge in [-0.1, -0.05) is 43.1 Å². The predicted molar refractivity (Wildman–Crippen MR) is 153 cm³/mol. The number of hydrogen-bond donors (Lipinski definition) is 1. The maximum Gasteiger partial charge on any atom is 0.243 e. The number of halogens is 2. The highest BCUT2D eigenvalue weighted by atomic mass is 35.5. The van der Waals surface area contributed by atoms with Gasteiger partial charge in [-0.05, 0) is 68.1 Å². The van der Waals surface area contributed by atoms with E-state index in [2.05, 4.69) is 5.32 Å². The number of methoxy groups -OCH3 is 1. The number of benzene rings is 2. The summed E-state index contributed by atoms with van der Waals surface area (Å²) >= 11 is 12.3. The molecule has 0 unspecified atom stereocenters. The molecule has 210 valence electrons. The minimum Gasteiger partial charge on any atom is -0.497 e. The van der Waals surface area contributed by atoms with Crippen LogP contribution in [0.1, 0.15) is 52.0 Å². The second-order valence-electron chi connectivity index (χ2n) is 9.15. The third-order valence-corrected chi connectivity index (χ3v) is 8.17. The fraction of sp³-hybridized carbons (Fsp3) is 0.481. The summed E-state index contributed by atoms with van der Waals surface area (Å²) in [5, 5.41) is 3.73. The van der Waals surface area contributed by atoms with Gasteiger partial charge in [-0.2, -0.15) is 0 Å². The van der Waals surface area contributed by atoms with Crippen molar-refractivity contribution in [3.63, 3.8) is 0 Å². The standard InChI is InChI=1S/C27H37Cl2N3O5S/c1-6-19(3)30-27(34)25(7-2)31(18-20-10-15-23(28)24(29)17-20)26(33)9-8-16-32(38(5,35)36)21-11-13-22(37-4)14-12-21/h10-15,17,19,25H,6-9,16,18H2,1-5H3,(H,30,34)/t19-,25-/m1/s1. The highest BCUT2D eigenvalue weighted by Crippen LogP contribution is 2.25. The van der Waals surface area contributed by atoms with Crippen LogP contribution in [-0.4, -0.2) is 57.1 Å². The Balaban J connectivity index is 2.24. The molecule has 0 saturated carbocycles. The van der Waals surface area contributed by atoms with Crippen LogP contribution in [0.5, 0.6) is 5.75 Å². The third kappa shape index (κ3) is 9.06. The Bertz CT molecular complexity index is 1190. The molecule has 0 radical (unpaired) electrons. The number of sulfonamides is 1. The maximum absolute atomic E-state index is 13.5. The van der Waals surface area contributed by atoms with Crippen molar-refractivity contribution in [2.45, 2.75) is 65.1 Å². The Labute approximate surface area is 236 Å². The molecule has 8 nitrogen and oxygen atoms in total. The predicted octanol–water partition coefficient (Wildman–Crippen LogP) is 5.27. The van der Waals surface area contributed by atoms with Gasteiger partial charge in [-0.3, -0.25) is 13.9 Å². The van der Waals surface area contributed by atoms with Gasteiger partial charge in [0.2, 0.25) is 21.8 Å². The Hall–Kier alpha value is -2.49. The first-order valence-corrected chi connectivity index (χ1v) is 15.2. The number of amides is 2. The normalized spacial score (nSPS) is 12.9. The Morgan fingerprint density at radius 2 is 1.68 bits per heavy atom. The van der Waals surface area contributed by atoms with Gasteiger partial charge in [0, 0.05) is 25.6 Å². The van der Waals surface area contributed by atoms with Gasteiger partial charge in [0.1, 0.15) is 11.8 Å². The minimum absolute atomic E-state index is 0.0358. The van der Waals surface area contributed by atoms with Crippen LogP contribution in [0.4, 0.5) is 5.69 Å². The van der Waals surface area contributed by atoms with Crippen molar-refractivity contribution < 1.29 is 22.7 Å². The smallest absolute Gasteiger partial charge is 0.243 e. The number of ether oxygens (including phenoxy) is 1. The first kappa shape index (κ1) is 31.7. The molecular weight excluding hydrogens is 549 g/mol. The van der Waals surface area contributed by atoms with Crippen molar-refractivity contribution in [2.75, 3.05) is 24.2 Å². The summed E-state index contributed by atoms with van der Waals surface area (Å²) in [6.07, 6.45) is 2.62. The van der Waals surface area contributed by atoms with Crippen LogP contribution < -0.4 is 14.4 Å². The van der Waals surface area contributed by atoms with Crippen molar-refractivity contribution in [1.82, 2.24) is 10.2 Å². The Morgan fingerprint density at radius 1 is 1.03 bits per heavy atom. The van der Waals surface area contributed by atoms with Gasteiger partial charge in [-0.25, -0.2) is 8.42 Å². The van der Waals surface area contributed by atoms with Crippen LogP contribution in [0.3, 0.4) is 0 Å². The lowest BCUT2D eigenvalue weighted by atomic mass is 10.1. The summed E-state index contributed by atoms with van der Waals surface area (Å²) in [4.78, 5) is 28.2. The molecule has 0 aliphatic heterocycles. The van der Waals surface area contributed by atoms with E-state index >= 15 is 0 Å². The molecule has 0 spiro atoms. The van der Waals surface area contributed by atoms with E-state index in [4.69, 9.17) is 27.9 Å². The fourth-order valence-electron chi connectivity index (χ4n) is 3.95. The van der Waals surface area contributed by atoms with Crippen LogP contribution in [0.25, 0.3) is 0 Å². The molecule has 38 heavy (non-hydrogen) atoms. The number of nitrogens with zero attached hydrogens (tertiary/aromatic N) is 2. The zero-order valence-electron chi connectivity index (χ0n) is 22.5. The SMILES string of the molecule is CC[C@@H](C)NC(=O)[C@@H](CC)N(Cc1ccc(Cl)c(Cl)c1)C(=O)CCCN(c1ccc(OC)cc1)S(C)(=O)=O. The maximum atomic E-state index is 13.5. The van der Waals surface area contributed by atoms with Crippen LogP contribution in [-0.2, 0) is 26.2 Å². The Kier molecular flexibility index (Phi) is 12.2. The number of rotatable bonds is 14. The zero-order valence-corrected chi connectivity index (χ0v) is 24.9. The number of hydrogen-bond acceptors (Lipinski definition) is 5. The minimum atomic E-state index is -3.59. The molecular formula is C27H37Cl2N3O5S. The van der Waals surface area contributed by atoms with E-state index in [1.54, 1.807) is 42.5 Å². The van der Waals surface area contributed by atoms with E-state index < -0.39 is 16.1 Å². The van der Waals surface area contributed by atoms with Crippen LogP contribution in [0.15, 0.2) is 42.5 Å². The lowest BCUT2D eigenvalue weighted by Gasteiger charge is -2.32. The molecule has 0 bridgehead atoms.